The van der Waals surface area contributed by atoms with Gasteiger partial charge >= 0.3 is 6.03 Å². The summed E-state index contributed by atoms with van der Waals surface area (Å²) in [6.45, 7) is 0.347. The maximum Gasteiger partial charge on any atom is 0.323 e. The molecule has 4 aromatic rings. The molecule has 0 unspecified atom stereocenters. The number of aromatic hydroxyl groups is 1. The van der Waals surface area contributed by atoms with Gasteiger partial charge in [-0.3, -0.25) is 25.3 Å². The molecule has 4 rings (SSSR count). The predicted molar refractivity (Wildman–Crippen MR) is 144 cm³/mol. The highest BCUT2D eigenvalue weighted by atomic mass is 35.5. The molecule has 13 heteroatoms. The van der Waals surface area contributed by atoms with Crippen molar-refractivity contribution in [3.8, 4) is 17.2 Å². The Hall–Kier alpha value is -5.20. The van der Waals surface area contributed by atoms with Crippen LogP contribution in [0.3, 0.4) is 0 Å². The number of pyridine rings is 1. The number of rotatable bonds is 9. The summed E-state index contributed by atoms with van der Waals surface area (Å²) in [6.07, 6.45) is 1.44. The highest BCUT2D eigenvalue weighted by Gasteiger charge is 2.14. The molecule has 1 aromatic heterocycles. The van der Waals surface area contributed by atoms with E-state index in [9.17, 15) is 24.8 Å². The summed E-state index contributed by atoms with van der Waals surface area (Å²) in [5.74, 6) is 0.508. The Bertz CT molecular complexity index is 1500. The fourth-order valence-electron chi connectivity index (χ4n) is 3.27. The quantitative estimate of drug-likeness (QED) is 0.140. The molecular formula is C26H21ClN6O6. The number of nitro groups is 1. The van der Waals surface area contributed by atoms with Gasteiger partial charge in [0.25, 0.3) is 11.6 Å². The van der Waals surface area contributed by atoms with Crippen LogP contribution in [0.1, 0.15) is 16.1 Å². The Morgan fingerprint density at radius 2 is 1.62 bits per heavy atom. The molecule has 0 saturated carbocycles. The van der Waals surface area contributed by atoms with Crippen LogP contribution in [0.5, 0.6) is 17.2 Å². The molecule has 0 aliphatic rings. The molecule has 3 aromatic carbocycles. The second-order valence-corrected chi connectivity index (χ2v) is 8.39. The number of urea groups is 1. The van der Waals surface area contributed by atoms with Gasteiger partial charge in [-0.25, -0.2) is 10.2 Å². The SMILES string of the molecule is O=C(Nc1ccc(Oc2ccnc(C(=O)NNCc3ccc(O)cc3)c2)cc1)Nc1ccc(Cl)c([N+](=O)[O-])c1. The molecule has 198 valence electrons. The Kier molecular flexibility index (Phi) is 8.51. The number of nitrogens with zero attached hydrogens (tertiary/aromatic N) is 2. The number of nitro benzene ring substituents is 1. The molecule has 12 nitrogen and oxygen atoms in total. The van der Waals surface area contributed by atoms with Gasteiger partial charge in [-0.1, -0.05) is 23.7 Å². The normalized spacial score (nSPS) is 10.4. The smallest absolute Gasteiger partial charge is 0.323 e. The van der Waals surface area contributed by atoms with Gasteiger partial charge in [0.15, 0.2) is 0 Å². The zero-order valence-electron chi connectivity index (χ0n) is 20.1. The number of halogens is 1. The van der Waals surface area contributed by atoms with Crippen molar-refractivity contribution in [2.24, 2.45) is 0 Å². The number of carbonyl (C=O) groups is 2. The van der Waals surface area contributed by atoms with E-state index < -0.39 is 16.9 Å². The van der Waals surface area contributed by atoms with Gasteiger partial charge in [0, 0.05) is 36.2 Å². The lowest BCUT2D eigenvalue weighted by Crippen LogP contribution is -2.37. The van der Waals surface area contributed by atoms with E-state index in [2.05, 4.69) is 26.5 Å². The van der Waals surface area contributed by atoms with E-state index in [1.807, 2.05) is 0 Å². The Labute approximate surface area is 226 Å². The maximum atomic E-state index is 12.4. The molecule has 0 bridgehead atoms. The van der Waals surface area contributed by atoms with Crippen molar-refractivity contribution in [2.75, 3.05) is 10.6 Å². The average molecular weight is 549 g/mol. The van der Waals surface area contributed by atoms with Crippen molar-refractivity contribution in [3.63, 3.8) is 0 Å². The van der Waals surface area contributed by atoms with Gasteiger partial charge in [0.1, 0.15) is 28.0 Å². The van der Waals surface area contributed by atoms with Gasteiger partial charge in [-0.2, -0.15) is 0 Å². The highest BCUT2D eigenvalue weighted by Crippen LogP contribution is 2.28. The zero-order chi connectivity index (χ0) is 27.8. The minimum Gasteiger partial charge on any atom is -0.508 e. The number of aromatic nitrogens is 1. The van der Waals surface area contributed by atoms with E-state index in [1.54, 1.807) is 54.6 Å². The monoisotopic (exact) mass is 548 g/mol. The molecule has 5 N–H and O–H groups in total. The number of nitrogens with one attached hydrogen (secondary N) is 4. The van der Waals surface area contributed by atoms with Crippen molar-refractivity contribution >= 4 is 40.6 Å². The van der Waals surface area contributed by atoms with Gasteiger partial charge in [0.2, 0.25) is 0 Å². The van der Waals surface area contributed by atoms with E-state index in [0.717, 1.165) is 11.6 Å². The van der Waals surface area contributed by atoms with E-state index in [1.165, 1.54) is 24.4 Å². The number of phenolic OH excluding ortho intramolecular Hbond substituents is 1. The van der Waals surface area contributed by atoms with Crippen LogP contribution in [0.15, 0.2) is 85.1 Å². The fraction of sp³-hybridized carbons (Fsp3) is 0.0385. The topological polar surface area (TPSA) is 168 Å². The standard InChI is InChI=1S/C26H21ClN6O6/c27-22-10-5-18(13-24(22)33(37)38)31-26(36)30-17-3-8-20(9-4-17)39-21-11-12-28-23(14-21)25(35)32-29-15-16-1-6-19(34)7-2-16/h1-14,29,34H,15H2,(H,32,35)(H2,30,31,36). The van der Waals surface area contributed by atoms with E-state index in [-0.39, 0.29) is 27.8 Å². The molecular weight excluding hydrogens is 528 g/mol. The third kappa shape index (κ3) is 7.64. The first-order chi connectivity index (χ1) is 18.8. The lowest BCUT2D eigenvalue weighted by molar-refractivity contribution is -0.384. The van der Waals surface area contributed by atoms with Gasteiger partial charge in [0.05, 0.1) is 4.92 Å². The first kappa shape index (κ1) is 26.9. The molecule has 0 aliphatic carbocycles. The number of phenols is 1. The highest BCUT2D eigenvalue weighted by molar-refractivity contribution is 6.32. The number of hydrogen-bond donors (Lipinski definition) is 5. The van der Waals surface area contributed by atoms with E-state index in [4.69, 9.17) is 16.3 Å². The van der Waals surface area contributed by atoms with Gasteiger partial charge < -0.3 is 20.5 Å². The van der Waals surface area contributed by atoms with Crippen molar-refractivity contribution in [2.45, 2.75) is 6.54 Å². The Morgan fingerprint density at radius 3 is 2.33 bits per heavy atom. The molecule has 0 radical (unpaired) electrons. The summed E-state index contributed by atoms with van der Waals surface area (Å²) in [5, 5.41) is 25.4. The lowest BCUT2D eigenvalue weighted by atomic mass is 10.2. The van der Waals surface area contributed by atoms with Crippen molar-refractivity contribution in [3.05, 3.63) is 111 Å². The molecule has 0 spiro atoms. The number of hydrogen-bond acceptors (Lipinski definition) is 8. The van der Waals surface area contributed by atoms with Crippen LogP contribution < -0.4 is 26.2 Å². The second-order valence-electron chi connectivity index (χ2n) is 7.98. The number of hydrazine groups is 1. The average Bonchev–Trinajstić information content (AvgIpc) is 2.92. The van der Waals surface area contributed by atoms with Crippen LogP contribution in [-0.2, 0) is 6.54 Å². The number of amides is 3. The first-order valence-corrected chi connectivity index (χ1v) is 11.7. The van der Waals surface area contributed by atoms with Gasteiger partial charge in [-0.05, 0) is 60.2 Å². The van der Waals surface area contributed by atoms with Gasteiger partial charge in [-0.15, -0.1) is 0 Å². The minimum absolute atomic E-state index is 0.0363. The summed E-state index contributed by atoms with van der Waals surface area (Å²) in [5.41, 5.74) is 6.67. The van der Waals surface area contributed by atoms with Crippen molar-refractivity contribution in [1.29, 1.82) is 0 Å². The summed E-state index contributed by atoms with van der Waals surface area (Å²) in [6, 6.07) is 19.4. The lowest BCUT2D eigenvalue weighted by Gasteiger charge is -2.10. The second kappa shape index (κ2) is 12.4. The van der Waals surface area contributed by atoms with Crippen LogP contribution in [0.2, 0.25) is 5.02 Å². The summed E-state index contributed by atoms with van der Waals surface area (Å²) < 4.78 is 5.79. The summed E-state index contributed by atoms with van der Waals surface area (Å²) in [4.78, 5) is 39.1. The third-order valence-corrected chi connectivity index (χ3v) is 5.46. The van der Waals surface area contributed by atoms with Crippen molar-refractivity contribution < 1.29 is 24.4 Å². The number of ether oxygens (including phenoxy) is 1. The molecule has 39 heavy (non-hydrogen) atoms. The maximum absolute atomic E-state index is 12.4. The van der Waals surface area contributed by atoms with Crippen LogP contribution in [0.25, 0.3) is 0 Å². The summed E-state index contributed by atoms with van der Waals surface area (Å²) in [7, 11) is 0. The predicted octanol–water partition coefficient (Wildman–Crippen LogP) is 5.22. The first-order valence-electron chi connectivity index (χ1n) is 11.3. The molecule has 0 aliphatic heterocycles. The largest absolute Gasteiger partial charge is 0.508 e. The van der Waals surface area contributed by atoms with Crippen LogP contribution >= 0.6 is 11.6 Å². The Morgan fingerprint density at radius 1 is 0.923 bits per heavy atom. The molecule has 0 atom stereocenters. The Balaban J connectivity index is 1.29. The minimum atomic E-state index is -0.640. The van der Waals surface area contributed by atoms with E-state index in [0.29, 0.717) is 23.7 Å². The van der Waals surface area contributed by atoms with E-state index >= 15 is 0 Å². The zero-order valence-corrected chi connectivity index (χ0v) is 20.8. The van der Waals surface area contributed by atoms with Crippen LogP contribution in [0.4, 0.5) is 21.9 Å². The summed E-state index contributed by atoms with van der Waals surface area (Å²) >= 11 is 5.79. The molecule has 0 fully saturated rings. The number of anilines is 2. The molecule has 0 saturated heterocycles. The molecule has 1 heterocycles. The van der Waals surface area contributed by atoms with Crippen LogP contribution in [-0.4, -0.2) is 27.0 Å². The molecule has 3 amide bonds. The van der Waals surface area contributed by atoms with Crippen LogP contribution in [0, 0.1) is 10.1 Å². The third-order valence-electron chi connectivity index (χ3n) is 5.14. The fourth-order valence-corrected chi connectivity index (χ4v) is 3.46. The number of carbonyl (C=O) groups excluding carboxylic acids is 2. The van der Waals surface area contributed by atoms with Crippen molar-refractivity contribution in [1.82, 2.24) is 15.8 Å². The number of benzene rings is 3.